The summed E-state index contributed by atoms with van der Waals surface area (Å²) in [4.78, 5) is 13.3. The van der Waals surface area contributed by atoms with Gasteiger partial charge in [-0.05, 0) is 37.1 Å². The Morgan fingerprint density at radius 2 is 2.00 bits per heavy atom. The summed E-state index contributed by atoms with van der Waals surface area (Å²) in [5, 5.41) is 0.908. The van der Waals surface area contributed by atoms with E-state index in [9.17, 15) is 0 Å². The molecule has 0 bridgehead atoms. The van der Waals surface area contributed by atoms with Gasteiger partial charge in [0.25, 0.3) is 0 Å². The summed E-state index contributed by atoms with van der Waals surface area (Å²) >= 11 is 1.42. The highest BCUT2D eigenvalue weighted by molar-refractivity contribution is 7.09. The molecule has 2 aromatic rings. The average molecular weight is 290 g/mol. The standard InChI is InChI=1S/C13H18N6S/c1-9-8-15-11(14)7-10(9)12-16-13(17-20-12)19-5-3-18(2)4-6-19/h7-8H,3-6H2,1-2H3,(H2,14,15). The highest BCUT2D eigenvalue weighted by atomic mass is 32.1. The molecule has 0 amide bonds. The minimum Gasteiger partial charge on any atom is -0.384 e. The van der Waals surface area contributed by atoms with Crippen LogP contribution >= 0.6 is 11.5 Å². The van der Waals surface area contributed by atoms with Gasteiger partial charge < -0.3 is 15.5 Å². The van der Waals surface area contributed by atoms with E-state index in [1.165, 1.54) is 11.5 Å². The van der Waals surface area contributed by atoms with Crippen LogP contribution in [0.3, 0.4) is 0 Å². The van der Waals surface area contributed by atoms with Gasteiger partial charge in [0.2, 0.25) is 5.95 Å². The molecule has 2 N–H and O–H groups in total. The molecule has 3 rings (SSSR count). The minimum atomic E-state index is 0.516. The molecule has 3 heterocycles. The quantitative estimate of drug-likeness (QED) is 0.897. The van der Waals surface area contributed by atoms with E-state index < -0.39 is 0 Å². The first-order valence-corrected chi connectivity index (χ1v) is 7.40. The number of likely N-dealkylation sites (N-methyl/N-ethyl adjacent to an activating group) is 1. The van der Waals surface area contributed by atoms with Crippen molar-refractivity contribution < 1.29 is 0 Å². The molecule has 1 aliphatic rings. The molecule has 0 saturated carbocycles. The van der Waals surface area contributed by atoms with E-state index in [-0.39, 0.29) is 0 Å². The molecule has 0 atom stereocenters. The lowest BCUT2D eigenvalue weighted by molar-refractivity contribution is 0.311. The fourth-order valence-corrected chi connectivity index (χ4v) is 3.00. The van der Waals surface area contributed by atoms with Gasteiger partial charge in [-0.15, -0.1) is 0 Å². The van der Waals surface area contributed by atoms with E-state index in [0.717, 1.165) is 48.3 Å². The van der Waals surface area contributed by atoms with Gasteiger partial charge in [-0.3, -0.25) is 0 Å². The summed E-state index contributed by atoms with van der Waals surface area (Å²) in [6, 6.07) is 1.86. The molecule has 0 unspecified atom stereocenters. The lowest BCUT2D eigenvalue weighted by Crippen LogP contribution is -2.44. The minimum absolute atomic E-state index is 0.516. The number of aromatic nitrogens is 3. The first-order valence-electron chi connectivity index (χ1n) is 6.63. The van der Waals surface area contributed by atoms with Gasteiger partial charge in [0.05, 0.1) is 0 Å². The second-order valence-corrected chi connectivity index (χ2v) is 5.87. The Morgan fingerprint density at radius 3 is 2.75 bits per heavy atom. The van der Waals surface area contributed by atoms with Crippen LogP contribution in [0.25, 0.3) is 10.6 Å². The first kappa shape index (κ1) is 13.3. The number of nitrogens with two attached hydrogens (primary N) is 1. The second-order valence-electron chi connectivity index (χ2n) is 5.11. The van der Waals surface area contributed by atoms with Crippen LogP contribution in [-0.2, 0) is 0 Å². The number of nitrogens with zero attached hydrogens (tertiary/aromatic N) is 5. The molecule has 6 nitrogen and oxygen atoms in total. The molecule has 20 heavy (non-hydrogen) atoms. The number of hydrogen-bond acceptors (Lipinski definition) is 7. The van der Waals surface area contributed by atoms with Crippen molar-refractivity contribution in [3.8, 4) is 10.6 Å². The van der Waals surface area contributed by atoms with E-state index in [0.29, 0.717) is 5.82 Å². The second kappa shape index (κ2) is 5.34. The number of rotatable bonds is 2. The maximum absolute atomic E-state index is 5.76. The number of pyridine rings is 1. The molecular formula is C13H18N6S. The zero-order chi connectivity index (χ0) is 14.1. The summed E-state index contributed by atoms with van der Waals surface area (Å²) in [6.07, 6.45) is 1.78. The molecule has 1 fully saturated rings. The Labute approximate surface area is 122 Å². The van der Waals surface area contributed by atoms with Crippen molar-refractivity contribution in [1.29, 1.82) is 0 Å². The molecule has 0 radical (unpaired) electrons. The highest BCUT2D eigenvalue weighted by Gasteiger charge is 2.19. The number of aryl methyl sites for hydroxylation is 1. The normalized spacial score (nSPS) is 16.6. The van der Waals surface area contributed by atoms with Crippen LogP contribution in [0.1, 0.15) is 5.56 Å². The van der Waals surface area contributed by atoms with Crippen molar-refractivity contribution in [3.05, 3.63) is 17.8 Å². The number of nitrogen functional groups attached to an aromatic ring is 1. The van der Waals surface area contributed by atoms with Crippen LogP contribution in [0.2, 0.25) is 0 Å². The third-order valence-corrected chi connectivity index (χ3v) is 4.29. The van der Waals surface area contributed by atoms with Crippen LogP contribution < -0.4 is 10.6 Å². The van der Waals surface area contributed by atoms with Crippen LogP contribution in [-0.4, -0.2) is 52.5 Å². The zero-order valence-corrected chi connectivity index (χ0v) is 12.5. The summed E-state index contributed by atoms with van der Waals surface area (Å²) in [6.45, 7) is 6.07. The smallest absolute Gasteiger partial charge is 0.237 e. The monoisotopic (exact) mass is 290 g/mol. The predicted octanol–water partition coefficient (Wildman–Crippen LogP) is 1.24. The topological polar surface area (TPSA) is 71.2 Å². The van der Waals surface area contributed by atoms with Crippen molar-refractivity contribution in [3.63, 3.8) is 0 Å². The van der Waals surface area contributed by atoms with E-state index in [4.69, 9.17) is 5.73 Å². The molecule has 0 aliphatic carbocycles. The van der Waals surface area contributed by atoms with Gasteiger partial charge in [-0.1, -0.05) is 0 Å². The van der Waals surface area contributed by atoms with Gasteiger partial charge in [-0.25, -0.2) is 4.98 Å². The number of piperazine rings is 1. The molecule has 106 valence electrons. The summed E-state index contributed by atoms with van der Waals surface area (Å²) in [7, 11) is 2.14. The summed E-state index contributed by atoms with van der Waals surface area (Å²) in [5.41, 5.74) is 7.85. The SMILES string of the molecule is Cc1cnc(N)cc1-c1nc(N2CCN(C)CC2)ns1. The van der Waals surface area contributed by atoms with E-state index >= 15 is 0 Å². The first-order chi connectivity index (χ1) is 9.63. The summed E-state index contributed by atoms with van der Waals surface area (Å²) in [5.74, 6) is 1.34. The largest absolute Gasteiger partial charge is 0.384 e. The Kier molecular flexibility index (Phi) is 3.54. The number of hydrogen-bond donors (Lipinski definition) is 1. The van der Waals surface area contributed by atoms with Crippen molar-refractivity contribution in [1.82, 2.24) is 19.2 Å². The van der Waals surface area contributed by atoms with E-state index in [2.05, 4.69) is 31.2 Å². The molecule has 1 saturated heterocycles. The molecule has 1 aliphatic heterocycles. The molecule has 2 aromatic heterocycles. The molecule has 0 aromatic carbocycles. The maximum Gasteiger partial charge on any atom is 0.237 e. The van der Waals surface area contributed by atoms with Crippen LogP contribution in [0, 0.1) is 6.92 Å². The van der Waals surface area contributed by atoms with Crippen LogP contribution in [0.4, 0.5) is 11.8 Å². The van der Waals surface area contributed by atoms with Gasteiger partial charge in [0.1, 0.15) is 10.8 Å². The van der Waals surface area contributed by atoms with E-state index in [1.807, 2.05) is 13.0 Å². The lowest BCUT2D eigenvalue weighted by atomic mass is 10.1. The van der Waals surface area contributed by atoms with Crippen LogP contribution in [0.15, 0.2) is 12.3 Å². The lowest BCUT2D eigenvalue weighted by Gasteiger charge is -2.31. The molecular weight excluding hydrogens is 272 g/mol. The maximum atomic E-state index is 5.76. The average Bonchev–Trinajstić information content (AvgIpc) is 2.92. The van der Waals surface area contributed by atoms with Gasteiger partial charge in [0, 0.05) is 37.9 Å². The Bertz CT molecular complexity index is 603. The van der Waals surface area contributed by atoms with Gasteiger partial charge in [0.15, 0.2) is 0 Å². The fraction of sp³-hybridized carbons (Fsp3) is 0.462. The fourth-order valence-electron chi connectivity index (χ4n) is 2.23. The van der Waals surface area contributed by atoms with Gasteiger partial charge in [-0.2, -0.15) is 9.36 Å². The number of anilines is 2. The Hall–Kier alpha value is -1.73. The summed E-state index contributed by atoms with van der Waals surface area (Å²) < 4.78 is 4.49. The Morgan fingerprint density at radius 1 is 1.25 bits per heavy atom. The third kappa shape index (κ3) is 2.59. The zero-order valence-electron chi connectivity index (χ0n) is 11.7. The highest BCUT2D eigenvalue weighted by Crippen LogP contribution is 2.28. The molecule has 7 heteroatoms. The third-order valence-electron chi connectivity index (χ3n) is 3.56. The van der Waals surface area contributed by atoms with Crippen molar-refractivity contribution in [2.75, 3.05) is 43.9 Å². The van der Waals surface area contributed by atoms with Crippen molar-refractivity contribution in [2.24, 2.45) is 0 Å². The van der Waals surface area contributed by atoms with E-state index in [1.54, 1.807) is 6.20 Å². The van der Waals surface area contributed by atoms with Crippen molar-refractivity contribution in [2.45, 2.75) is 6.92 Å². The Balaban J connectivity index is 1.85. The van der Waals surface area contributed by atoms with Crippen molar-refractivity contribution >= 4 is 23.3 Å². The molecule has 0 spiro atoms. The van der Waals surface area contributed by atoms with Gasteiger partial charge >= 0.3 is 0 Å². The predicted molar refractivity (Wildman–Crippen MR) is 82.0 cm³/mol. The van der Waals surface area contributed by atoms with Crippen LogP contribution in [0.5, 0.6) is 0 Å².